The van der Waals surface area contributed by atoms with Crippen LogP contribution in [0, 0.1) is 0 Å². The molecule has 0 bridgehead atoms. The van der Waals surface area contributed by atoms with E-state index in [4.69, 9.17) is 15.9 Å². The lowest BCUT2D eigenvalue weighted by atomic mass is 10.1. The van der Waals surface area contributed by atoms with Crippen molar-refractivity contribution in [2.75, 3.05) is 18.6 Å². The first kappa shape index (κ1) is 19.3. The van der Waals surface area contributed by atoms with E-state index in [1.165, 1.54) is 11.8 Å². The van der Waals surface area contributed by atoms with Crippen molar-refractivity contribution in [3.63, 3.8) is 0 Å². The summed E-state index contributed by atoms with van der Waals surface area (Å²) in [6, 6.07) is -1.52. The topological polar surface area (TPSA) is 142 Å². The lowest BCUT2D eigenvalue weighted by molar-refractivity contribution is -0.138. The predicted octanol–water partition coefficient (Wildman–Crippen LogP) is -0.786. The van der Waals surface area contributed by atoms with Crippen LogP contribution in [-0.2, 0) is 14.4 Å². The Hall–Kier alpha value is -1.74. The molecule has 0 fully saturated rings. The molecular formula is C12H21N3O5S. The SMILES string of the molecule is C=C(O)C(N)CCC(=O)N[C@@H](CSC)C(=O)NCC(=O)O. The summed E-state index contributed by atoms with van der Waals surface area (Å²) < 4.78 is 0. The Morgan fingerprint density at radius 3 is 2.43 bits per heavy atom. The minimum Gasteiger partial charge on any atom is -0.511 e. The van der Waals surface area contributed by atoms with Crippen molar-refractivity contribution in [3.05, 3.63) is 12.3 Å². The molecule has 0 aliphatic rings. The van der Waals surface area contributed by atoms with E-state index in [0.29, 0.717) is 5.75 Å². The molecule has 8 nitrogen and oxygen atoms in total. The maximum absolute atomic E-state index is 11.7. The molecule has 2 atom stereocenters. The summed E-state index contributed by atoms with van der Waals surface area (Å²) in [5.41, 5.74) is 5.52. The van der Waals surface area contributed by atoms with Gasteiger partial charge in [-0.1, -0.05) is 6.58 Å². The summed E-state index contributed by atoms with van der Waals surface area (Å²) in [5.74, 6) is -2.02. The number of hydrogen-bond donors (Lipinski definition) is 5. The van der Waals surface area contributed by atoms with Gasteiger partial charge in [-0.2, -0.15) is 11.8 Å². The number of carboxylic acids is 1. The Bertz CT molecular complexity index is 402. The fourth-order valence-corrected chi connectivity index (χ4v) is 1.92. The highest BCUT2D eigenvalue weighted by atomic mass is 32.2. The first-order chi connectivity index (χ1) is 9.77. The van der Waals surface area contributed by atoms with E-state index in [-0.39, 0.29) is 18.6 Å². The van der Waals surface area contributed by atoms with E-state index < -0.39 is 36.4 Å². The molecule has 2 amide bonds. The fraction of sp³-hybridized carbons (Fsp3) is 0.583. The highest BCUT2D eigenvalue weighted by molar-refractivity contribution is 7.98. The van der Waals surface area contributed by atoms with Gasteiger partial charge >= 0.3 is 5.97 Å². The molecule has 0 aromatic carbocycles. The van der Waals surface area contributed by atoms with Gasteiger partial charge < -0.3 is 26.6 Å². The molecule has 6 N–H and O–H groups in total. The van der Waals surface area contributed by atoms with Gasteiger partial charge in [-0.25, -0.2) is 0 Å². The van der Waals surface area contributed by atoms with Crippen LogP contribution in [0.3, 0.4) is 0 Å². The second kappa shape index (κ2) is 10.1. The van der Waals surface area contributed by atoms with Crippen LogP contribution in [0.2, 0.25) is 0 Å². The van der Waals surface area contributed by atoms with Gasteiger partial charge in [-0.3, -0.25) is 14.4 Å². The molecule has 0 aliphatic heterocycles. The van der Waals surface area contributed by atoms with E-state index in [9.17, 15) is 14.4 Å². The molecule has 0 heterocycles. The van der Waals surface area contributed by atoms with Crippen LogP contribution in [0.4, 0.5) is 0 Å². The molecule has 120 valence electrons. The normalized spacial score (nSPS) is 13.0. The van der Waals surface area contributed by atoms with Crippen molar-refractivity contribution >= 4 is 29.5 Å². The third kappa shape index (κ3) is 8.92. The molecular weight excluding hydrogens is 298 g/mol. The summed E-state index contributed by atoms with van der Waals surface area (Å²) in [6.07, 6.45) is 1.98. The quantitative estimate of drug-likeness (QED) is 0.332. The number of amides is 2. The van der Waals surface area contributed by atoms with E-state index in [1.54, 1.807) is 6.26 Å². The lowest BCUT2D eigenvalue weighted by Crippen LogP contribution is -2.49. The molecule has 0 aromatic rings. The summed E-state index contributed by atoms with van der Waals surface area (Å²) in [4.78, 5) is 33.8. The van der Waals surface area contributed by atoms with Crippen molar-refractivity contribution in [2.45, 2.75) is 24.9 Å². The largest absolute Gasteiger partial charge is 0.511 e. The van der Waals surface area contributed by atoms with E-state index >= 15 is 0 Å². The van der Waals surface area contributed by atoms with Gasteiger partial charge in [0.2, 0.25) is 11.8 Å². The van der Waals surface area contributed by atoms with Crippen LogP contribution in [0.25, 0.3) is 0 Å². The Morgan fingerprint density at radius 2 is 1.95 bits per heavy atom. The van der Waals surface area contributed by atoms with E-state index in [2.05, 4.69) is 17.2 Å². The minimum atomic E-state index is -1.16. The summed E-state index contributed by atoms with van der Waals surface area (Å²) in [7, 11) is 0. The third-order valence-electron chi connectivity index (χ3n) is 2.51. The summed E-state index contributed by atoms with van der Waals surface area (Å²) >= 11 is 1.34. The number of carboxylic acid groups (broad SMARTS) is 1. The molecule has 0 aliphatic carbocycles. The van der Waals surface area contributed by atoms with Gasteiger partial charge in [-0.15, -0.1) is 0 Å². The van der Waals surface area contributed by atoms with Crippen LogP contribution in [-0.4, -0.2) is 58.6 Å². The molecule has 0 radical (unpaired) electrons. The van der Waals surface area contributed by atoms with Crippen LogP contribution in [0.5, 0.6) is 0 Å². The Kier molecular flexibility index (Phi) is 9.22. The second-order valence-corrected chi connectivity index (χ2v) is 5.23. The standard InChI is InChI=1S/C12H21N3O5S/c1-7(16)8(13)3-4-10(17)15-9(6-21-2)12(20)14-5-11(18)19/h8-9,16H,1,3-6,13H2,2H3,(H,14,20)(H,15,17)(H,18,19)/t8?,9-/m0/s1. The highest BCUT2D eigenvalue weighted by Crippen LogP contribution is 2.03. The third-order valence-corrected chi connectivity index (χ3v) is 3.18. The molecule has 21 heavy (non-hydrogen) atoms. The van der Waals surface area contributed by atoms with Crippen molar-refractivity contribution in [2.24, 2.45) is 5.73 Å². The zero-order chi connectivity index (χ0) is 16.4. The van der Waals surface area contributed by atoms with Crippen molar-refractivity contribution in [3.8, 4) is 0 Å². The number of aliphatic hydroxyl groups is 1. The maximum Gasteiger partial charge on any atom is 0.322 e. The Morgan fingerprint density at radius 1 is 1.33 bits per heavy atom. The maximum atomic E-state index is 11.7. The minimum absolute atomic E-state index is 0.0256. The van der Waals surface area contributed by atoms with Crippen molar-refractivity contribution < 1.29 is 24.6 Å². The molecule has 0 spiro atoms. The molecule has 0 aromatic heterocycles. The number of nitrogens with one attached hydrogen (secondary N) is 2. The van der Waals surface area contributed by atoms with Crippen LogP contribution >= 0.6 is 11.8 Å². The predicted molar refractivity (Wildman–Crippen MR) is 79.9 cm³/mol. The van der Waals surface area contributed by atoms with Gasteiger partial charge in [0.05, 0.1) is 6.04 Å². The van der Waals surface area contributed by atoms with Gasteiger partial charge in [0, 0.05) is 12.2 Å². The van der Waals surface area contributed by atoms with E-state index in [0.717, 1.165) is 0 Å². The first-order valence-corrected chi connectivity index (χ1v) is 7.58. The van der Waals surface area contributed by atoms with Crippen LogP contribution in [0.15, 0.2) is 12.3 Å². The van der Waals surface area contributed by atoms with Gasteiger partial charge in [-0.05, 0) is 12.7 Å². The number of carbonyl (C=O) groups excluding carboxylic acids is 2. The van der Waals surface area contributed by atoms with Crippen LogP contribution < -0.4 is 16.4 Å². The number of aliphatic carboxylic acids is 1. The zero-order valence-corrected chi connectivity index (χ0v) is 12.6. The number of aliphatic hydroxyl groups excluding tert-OH is 1. The van der Waals surface area contributed by atoms with Gasteiger partial charge in [0.15, 0.2) is 0 Å². The molecule has 0 rings (SSSR count). The number of carbonyl (C=O) groups is 3. The Labute approximate surface area is 127 Å². The first-order valence-electron chi connectivity index (χ1n) is 6.19. The number of thioether (sulfide) groups is 1. The second-order valence-electron chi connectivity index (χ2n) is 4.32. The smallest absolute Gasteiger partial charge is 0.322 e. The van der Waals surface area contributed by atoms with Gasteiger partial charge in [0.1, 0.15) is 18.3 Å². The van der Waals surface area contributed by atoms with Crippen molar-refractivity contribution in [1.29, 1.82) is 0 Å². The molecule has 0 saturated heterocycles. The Balaban J connectivity index is 4.35. The average molecular weight is 319 g/mol. The fourth-order valence-electron chi connectivity index (χ4n) is 1.36. The summed E-state index contributed by atoms with van der Waals surface area (Å²) in [5, 5.41) is 22.3. The van der Waals surface area contributed by atoms with E-state index in [1.807, 2.05) is 0 Å². The highest BCUT2D eigenvalue weighted by Gasteiger charge is 2.21. The van der Waals surface area contributed by atoms with Crippen LogP contribution in [0.1, 0.15) is 12.8 Å². The number of rotatable bonds is 10. The van der Waals surface area contributed by atoms with Gasteiger partial charge in [0.25, 0.3) is 0 Å². The molecule has 1 unspecified atom stereocenters. The zero-order valence-electron chi connectivity index (χ0n) is 11.8. The number of hydrogen-bond acceptors (Lipinski definition) is 6. The van der Waals surface area contributed by atoms with Crippen molar-refractivity contribution in [1.82, 2.24) is 10.6 Å². The lowest BCUT2D eigenvalue weighted by Gasteiger charge is -2.17. The summed E-state index contributed by atoms with van der Waals surface area (Å²) in [6.45, 7) is 2.76. The molecule has 9 heteroatoms. The monoisotopic (exact) mass is 319 g/mol. The molecule has 0 saturated carbocycles. The number of nitrogens with two attached hydrogens (primary N) is 1. The average Bonchev–Trinajstić information content (AvgIpc) is 2.41.